The van der Waals surface area contributed by atoms with Gasteiger partial charge in [-0.15, -0.1) is 0 Å². The Morgan fingerprint density at radius 2 is 2.15 bits per heavy atom. The monoisotopic (exact) mass is 174 g/mol. The van der Waals surface area contributed by atoms with E-state index in [0.29, 0.717) is 5.41 Å². The lowest BCUT2D eigenvalue weighted by Crippen LogP contribution is -2.30. The number of rotatable bonds is 1. The molecule has 13 heavy (non-hydrogen) atoms. The molecule has 2 rings (SSSR count). The molecule has 0 spiro atoms. The zero-order valence-electron chi connectivity index (χ0n) is 8.59. The third kappa shape index (κ3) is 1.29. The lowest BCUT2D eigenvalue weighted by atomic mass is 9.64. The van der Waals surface area contributed by atoms with Gasteiger partial charge in [0.15, 0.2) is 0 Å². The summed E-state index contributed by atoms with van der Waals surface area (Å²) in [4.78, 5) is 0. The minimum atomic E-state index is 0.368. The third-order valence-electron chi connectivity index (χ3n) is 3.51. The minimum Gasteiger partial charge on any atom is -0.0873 e. The highest BCUT2D eigenvalue weighted by Gasteiger charge is 2.35. The van der Waals surface area contributed by atoms with E-state index >= 15 is 0 Å². The van der Waals surface area contributed by atoms with Crippen molar-refractivity contribution in [1.82, 2.24) is 0 Å². The van der Waals surface area contributed by atoms with Crippen molar-refractivity contribution in [2.75, 3.05) is 0 Å². The molecule has 0 saturated heterocycles. The second-order valence-electron chi connectivity index (χ2n) is 4.46. The number of fused-ring (bicyclic) bond motifs is 1. The van der Waals surface area contributed by atoms with Gasteiger partial charge in [-0.25, -0.2) is 0 Å². The van der Waals surface area contributed by atoms with Gasteiger partial charge in [0.25, 0.3) is 0 Å². The molecule has 0 fully saturated rings. The summed E-state index contributed by atoms with van der Waals surface area (Å²) in [5, 5.41) is 0. The Morgan fingerprint density at radius 1 is 1.31 bits per heavy atom. The first-order valence-corrected chi connectivity index (χ1v) is 5.29. The van der Waals surface area contributed by atoms with Crippen LogP contribution in [0.25, 0.3) is 0 Å². The van der Waals surface area contributed by atoms with Crippen molar-refractivity contribution in [2.24, 2.45) is 11.3 Å². The van der Waals surface area contributed by atoms with E-state index in [1.54, 1.807) is 5.57 Å². The SMILES string of the molecule is CC(C)C12C=CCCC1=CC=CC2. The van der Waals surface area contributed by atoms with Crippen molar-refractivity contribution < 1.29 is 0 Å². The topological polar surface area (TPSA) is 0 Å². The van der Waals surface area contributed by atoms with E-state index < -0.39 is 0 Å². The molecule has 0 nitrogen and oxygen atoms in total. The van der Waals surface area contributed by atoms with Gasteiger partial charge in [-0.1, -0.05) is 49.8 Å². The fourth-order valence-electron chi connectivity index (χ4n) is 2.56. The summed E-state index contributed by atoms with van der Waals surface area (Å²) in [5.41, 5.74) is 2.01. The van der Waals surface area contributed by atoms with Gasteiger partial charge >= 0.3 is 0 Å². The lowest BCUT2D eigenvalue weighted by molar-refractivity contribution is 0.307. The highest BCUT2D eigenvalue weighted by molar-refractivity contribution is 5.34. The van der Waals surface area contributed by atoms with Gasteiger partial charge < -0.3 is 0 Å². The van der Waals surface area contributed by atoms with Gasteiger partial charge in [0.1, 0.15) is 0 Å². The van der Waals surface area contributed by atoms with Crippen molar-refractivity contribution in [3.8, 4) is 0 Å². The molecule has 1 unspecified atom stereocenters. The van der Waals surface area contributed by atoms with E-state index in [-0.39, 0.29) is 0 Å². The van der Waals surface area contributed by atoms with Gasteiger partial charge in [-0.2, -0.15) is 0 Å². The molecule has 1 atom stereocenters. The molecule has 0 N–H and O–H groups in total. The van der Waals surface area contributed by atoms with Gasteiger partial charge in [0, 0.05) is 5.41 Å². The van der Waals surface area contributed by atoms with Crippen LogP contribution in [0.3, 0.4) is 0 Å². The van der Waals surface area contributed by atoms with Crippen molar-refractivity contribution >= 4 is 0 Å². The van der Waals surface area contributed by atoms with Crippen LogP contribution in [0.2, 0.25) is 0 Å². The molecule has 2 aliphatic carbocycles. The first kappa shape index (κ1) is 8.80. The summed E-state index contributed by atoms with van der Waals surface area (Å²) in [5.74, 6) is 0.722. The Hall–Kier alpha value is -0.780. The maximum atomic E-state index is 2.44. The average Bonchev–Trinajstić information content (AvgIpc) is 2.17. The summed E-state index contributed by atoms with van der Waals surface area (Å²) < 4.78 is 0. The van der Waals surface area contributed by atoms with Crippen LogP contribution in [0.1, 0.15) is 33.1 Å². The van der Waals surface area contributed by atoms with Crippen LogP contribution in [0, 0.1) is 11.3 Å². The zero-order chi connectivity index (χ0) is 9.31. The Kier molecular flexibility index (Phi) is 2.15. The van der Waals surface area contributed by atoms with Crippen LogP contribution >= 0.6 is 0 Å². The van der Waals surface area contributed by atoms with Crippen LogP contribution in [-0.2, 0) is 0 Å². The fraction of sp³-hybridized carbons (Fsp3) is 0.538. The molecule has 0 saturated carbocycles. The van der Waals surface area contributed by atoms with Crippen LogP contribution in [0.15, 0.2) is 36.0 Å². The Labute approximate surface area is 81.0 Å². The van der Waals surface area contributed by atoms with Crippen molar-refractivity contribution in [2.45, 2.75) is 33.1 Å². The molecule has 0 heteroatoms. The molecule has 0 aromatic heterocycles. The van der Waals surface area contributed by atoms with Crippen molar-refractivity contribution in [3.63, 3.8) is 0 Å². The van der Waals surface area contributed by atoms with Crippen LogP contribution in [0.4, 0.5) is 0 Å². The molecule has 0 aromatic carbocycles. The normalized spacial score (nSPS) is 31.8. The van der Waals surface area contributed by atoms with E-state index in [4.69, 9.17) is 0 Å². The first-order chi connectivity index (χ1) is 6.26. The summed E-state index contributed by atoms with van der Waals surface area (Å²) in [7, 11) is 0. The van der Waals surface area contributed by atoms with Gasteiger partial charge in [0.05, 0.1) is 0 Å². The summed E-state index contributed by atoms with van der Waals surface area (Å²) >= 11 is 0. The quantitative estimate of drug-likeness (QED) is 0.529. The maximum absolute atomic E-state index is 2.44. The van der Waals surface area contributed by atoms with Crippen molar-refractivity contribution in [1.29, 1.82) is 0 Å². The standard InChI is InChI=1S/C13H18/c1-11(2)13-9-5-3-7-12(13)8-4-6-10-13/h3,5-7,10-11H,4,8-9H2,1-2H3. The maximum Gasteiger partial charge on any atom is 0.0151 e. The van der Waals surface area contributed by atoms with E-state index in [2.05, 4.69) is 44.2 Å². The second-order valence-corrected chi connectivity index (χ2v) is 4.46. The highest BCUT2D eigenvalue weighted by atomic mass is 14.4. The minimum absolute atomic E-state index is 0.368. The zero-order valence-corrected chi connectivity index (χ0v) is 8.59. The predicted molar refractivity (Wildman–Crippen MR) is 57.5 cm³/mol. The average molecular weight is 174 g/mol. The lowest BCUT2D eigenvalue weighted by Gasteiger charge is -2.40. The van der Waals surface area contributed by atoms with Gasteiger partial charge in [-0.3, -0.25) is 0 Å². The number of hydrogen-bond acceptors (Lipinski definition) is 0. The van der Waals surface area contributed by atoms with Gasteiger partial charge in [0.2, 0.25) is 0 Å². The molecule has 0 radical (unpaired) electrons. The smallest absolute Gasteiger partial charge is 0.0151 e. The molecular formula is C13H18. The van der Waals surface area contributed by atoms with Gasteiger partial charge in [-0.05, 0) is 25.2 Å². The fourth-order valence-corrected chi connectivity index (χ4v) is 2.56. The van der Waals surface area contributed by atoms with Crippen LogP contribution in [-0.4, -0.2) is 0 Å². The summed E-state index contributed by atoms with van der Waals surface area (Å²) in [6.07, 6.45) is 15.3. The molecule has 0 bridgehead atoms. The van der Waals surface area contributed by atoms with Crippen LogP contribution in [0.5, 0.6) is 0 Å². The summed E-state index contributed by atoms with van der Waals surface area (Å²) in [6.45, 7) is 4.67. The predicted octanol–water partition coefficient (Wildman–Crippen LogP) is 3.87. The number of allylic oxidation sites excluding steroid dienone is 6. The van der Waals surface area contributed by atoms with Crippen LogP contribution < -0.4 is 0 Å². The van der Waals surface area contributed by atoms with E-state index in [0.717, 1.165) is 5.92 Å². The highest BCUT2D eigenvalue weighted by Crippen LogP contribution is 2.47. The first-order valence-electron chi connectivity index (χ1n) is 5.29. The Bertz CT molecular complexity index is 278. The largest absolute Gasteiger partial charge is 0.0873 e. The van der Waals surface area contributed by atoms with E-state index in [1.165, 1.54) is 19.3 Å². The van der Waals surface area contributed by atoms with Crippen molar-refractivity contribution in [3.05, 3.63) is 36.0 Å². The Morgan fingerprint density at radius 3 is 2.85 bits per heavy atom. The molecular weight excluding hydrogens is 156 g/mol. The van der Waals surface area contributed by atoms with E-state index in [1.807, 2.05) is 0 Å². The molecule has 0 heterocycles. The third-order valence-corrected chi connectivity index (χ3v) is 3.51. The molecule has 70 valence electrons. The molecule has 0 aromatic rings. The summed E-state index contributed by atoms with van der Waals surface area (Å²) in [6, 6.07) is 0. The molecule has 0 amide bonds. The molecule has 2 aliphatic rings. The second kappa shape index (κ2) is 3.17. The van der Waals surface area contributed by atoms with E-state index in [9.17, 15) is 0 Å². The number of hydrogen-bond donors (Lipinski definition) is 0. The Balaban J connectivity index is 2.41. The molecule has 0 aliphatic heterocycles.